The highest BCUT2D eigenvalue weighted by Gasteiger charge is 2.23. The van der Waals surface area contributed by atoms with E-state index in [1.54, 1.807) is 0 Å². The van der Waals surface area contributed by atoms with Gasteiger partial charge in [-0.25, -0.2) is 9.97 Å². The van der Waals surface area contributed by atoms with E-state index in [0.29, 0.717) is 9.63 Å². The highest BCUT2D eigenvalue weighted by molar-refractivity contribution is 9.10. The second kappa shape index (κ2) is 5.48. The molecule has 0 spiro atoms. The van der Waals surface area contributed by atoms with Gasteiger partial charge in [0.05, 0.1) is 4.47 Å². The van der Waals surface area contributed by atoms with Crippen molar-refractivity contribution in [1.29, 1.82) is 0 Å². The first-order valence-corrected chi connectivity index (χ1v) is 8.76. The summed E-state index contributed by atoms with van der Waals surface area (Å²) in [4.78, 5) is 21.6. The van der Waals surface area contributed by atoms with Gasteiger partial charge in [0.15, 0.2) is 5.16 Å². The molecule has 2 aromatic rings. The van der Waals surface area contributed by atoms with Crippen molar-refractivity contribution < 1.29 is 0 Å². The Morgan fingerprint density at radius 2 is 2.10 bits per heavy atom. The summed E-state index contributed by atoms with van der Waals surface area (Å²) >= 11 is 4.94. The highest BCUT2D eigenvalue weighted by atomic mass is 79.9. The number of hydrogen-bond donors (Lipinski definition) is 0. The molecule has 0 bridgehead atoms. The smallest absolute Gasteiger partial charge is 0.267 e. The van der Waals surface area contributed by atoms with E-state index in [4.69, 9.17) is 0 Å². The van der Waals surface area contributed by atoms with Crippen LogP contribution in [0.3, 0.4) is 0 Å². The zero-order chi connectivity index (χ0) is 14.3. The van der Waals surface area contributed by atoms with E-state index in [9.17, 15) is 4.79 Å². The molecule has 4 nitrogen and oxygen atoms in total. The molecule has 0 aromatic carbocycles. The minimum Gasteiger partial charge on any atom is -0.288 e. The number of fused-ring (bicyclic) bond motifs is 1. The summed E-state index contributed by atoms with van der Waals surface area (Å²) in [6, 6.07) is 0.270. The van der Waals surface area contributed by atoms with E-state index in [1.165, 1.54) is 24.6 Å². The molecule has 2 aromatic heterocycles. The molecule has 0 N–H and O–H groups in total. The Kier molecular flexibility index (Phi) is 3.86. The standard InChI is InChI=1S/C14H16BrN3OS/c1-8-10-7-16-14(20-2)17-12(10)18(13(19)11(8)15)9-5-3-4-6-9/h7,9H,3-6H2,1-2H3. The first-order chi connectivity index (χ1) is 9.63. The topological polar surface area (TPSA) is 47.8 Å². The first-order valence-electron chi connectivity index (χ1n) is 6.75. The lowest BCUT2D eigenvalue weighted by atomic mass is 10.1. The number of nitrogens with zero attached hydrogens (tertiary/aromatic N) is 3. The molecule has 1 saturated carbocycles. The van der Waals surface area contributed by atoms with Gasteiger partial charge in [0.25, 0.3) is 5.56 Å². The van der Waals surface area contributed by atoms with Crippen molar-refractivity contribution in [3.8, 4) is 0 Å². The molecule has 1 aliphatic rings. The number of aromatic nitrogens is 3. The minimum atomic E-state index is 0.0349. The van der Waals surface area contributed by atoms with E-state index in [2.05, 4.69) is 25.9 Å². The number of rotatable bonds is 2. The Morgan fingerprint density at radius 3 is 2.75 bits per heavy atom. The molecule has 106 valence electrons. The molecule has 0 saturated heterocycles. The molecule has 1 aliphatic carbocycles. The van der Waals surface area contributed by atoms with Crippen LogP contribution < -0.4 is 5.56 Å². The molecule has 1 fully saturated rings. The van der Waals surface area contributed by atoms with Crippen LogP contribution in [0.4, 0.5) is 0 Å². The number of halogens is 1. The summed E-state index contributed by atoms with van der Waals surface area (Å²) < 4.78 is 2.51. The van der Waals surface area contributed by atoms with Crippen molar-refractivity contribution in [2.75, 3.05) is 6.26 Å². The predicted molar refractivity (Wildman–Crippen MR) is 85.5 cm³/mol. The molecule has 0 unspecified atom stereocenters. The lowest BCUT2D eigenvalue weighted by molar-refractivity contribution is 0.512. The van der Waals surface area contributed by atoms with E-state index in [-0.39, 0.29) is 11.6 Å². The van der Waals surface area contributed by atoms with E-state index < -0.39 is 0 Å². The lowest BCUT2D eigenvalue weighted by Crippen LogP contribution is -2.26. The second-order valence-electron chi connectivity index (χ2n) is 5.15. The molecule has 0 aliphatic heterocycles. The average Bonchev–Trinajstić information content (AvgIpc) is 2.98. The Hall–Kier alpha value is -0.880. The normalized spacial score (nSPS) is 16.1. The third-order valence-electron chi connectivity index (χ3n) is 3.99. The monoisotopic (exact) mass is 353 g/mol. The molecule has 20 heavy (non-hydrogen) atoms. The molecule has 0 radical (unpaired) electrons. The van der Waals surface area contributed by atoms with Gasteiger partial charge in [-0.2, -0.15) is 0 Å². The van der Waals surface area contributed by atoms with Crippen molar-refractivity contribution in [3.05, 3.63) is 26.6 Å². The molecule has 0 amide bonds. The fourth-order valence-electron chi connectivity index (χ4n) is 2.89. The number of pyridine rings is 1. The van der Waals surface area contributed by atoms with Crippen LogP contribution in [-0.2, 0) is 0 Å². The van der Waals surface area contributed by atoms with Gasteiger partial charge in [0.2, 0.25) is 0 Å². The largest absolute Gasteiger partial charge is 0.288 e. The molecular weight excluding hydrogens is 338 g/mol. The second-order valence-corrected chi connectivity index (χ2v) is 6.71. The van der Waals surface area contributed by atoms with Crippen molar-refractivity contribution in [3.63, 3.8) is 0 Å². The summed E-state index contributed by atoms with van der Waals surface area (Å²) in [6.07, 6.45) is 8.27. The van der Waals surface area contributed by atoms with Gasteiger partial charge in [-0.15, -0.1) is 0 Å². The van der Waals surface area contributed by atoms with Gasteiger partial charge in [-0.05, 0) is 47.5 Å². The summed E-state index contributed by atoms with van der Waals surface area (Å²) in [5, 5.41) is 1.67. The molecular formula is C14H16BrN3OS. The van der Waals surface area contributed by atoms with Gasteiger partial charge in [0.1, 0.15) is 5.65 Å². The Morgan fingerprint density at radius 1 is 1.40 bits per heavy atom. The number of thioether (sulfide) groups is 1. The quantitative estimate of drug-likeness (QED) is 0.610. The van der Waals surface area contributed by atoms with Gasteiger partial charge in [-0.1, -0.05) is 24.6 Å². The van der Waals surface area contributed by atoms with Gasteiger partial charge < -0.3 is 0 Å². The fourth-order valence-corrected chi connectivity index (χ4v) is 3.63. The summed E-state index contributed by atoms with van der Waals surface area (Å²) in [7, 11) is 0. The van der Waals surface area contributed by atoms with Crippen molar-refractivity contribution in [2.45, 2.75) is 43.8 Å². The SMILES string of the molecule is CSc1ncc2c(C)c(Br)c(=O)n(C3CCCC3)c2n1. The average molecular weight is 354 g/mol. The highest BCUT2D eigenvalue weighted by Crippen LogP contribution is 2.32. The molecule has 0 atom stereocenters. The van der Waals surface area contributed by atoms with Crippen LogP contribution in [0, 0.1) is 6.92 Å². The van der Waals surface area contributed by atoms with Gasteiger partial charge >= 0.3 is 0 Å². The maximum Gasteiger partial charge on any atom is 0.267 e. The van der Waals surface area contributed by atoms with Crippen molar-refractivity contribution >= 4 is 38.7 Å². The van der Waals surface area contributed by atoms with E-state index in [1.807, 2.05) is 23.9 Å². The minimum absolute atomic E-state index is 0.0349. The van der Waals surface area contributed by atoms with Gasteiger partial charge in [0, 0.05) is 17.6 Å². The lowest BCUT2D eigenvalue weighted by Gasteiger charge is -2.18. The van der Waals surface area contributed by atoms with Crippen molar-refractivity contribution in [2.24, 2.45) is 0 Å². The van der Waals surface area contributed by atoms with Crippen LogP contribution in [0.25, 0.3) is 11.0 Å². The maximum atomic E-state index is 12.6. The van der Waals surface area contributed by atoms with Crippen LogP contribution in [0.2, 0.25) is 0 Å². The zero-order valence-corrected chi connectivity index (χ0v) is 13.9. The maximum absolute atomic E-state index is 12.6. The van der Waals surface area contributed by atoms with Crippen LogP contribution in [0.15, 0.2) is 20.6 Å². The summed E-state index contributed by atoms with van der Waals surface area (Å²) in [6.45, 7) is 1.94. The molecule has 2 heterocycles. The number of hydrogen-bond acceptors (Lipinski definition) is 4. The summed E-state index contributed by atoms with van der Waals surface area (Å²) in [5.74, 6) is 0. The van der Waals surface area contributed by atoms with Crippen molar-refractivity contribution in [1.82, 2.24) is 14.5 Å². The van der Waals surface area contributed by atoms with Crippen LogP contribution in [-0.4, -0.2) is 20.8 Å². The first kappa shape index (κ1) is 14.1. The summed E-state index contributed by atoms with van der Waals surface area (Å²) in [5.41, 5.74) is 1.74. The number of aryl methyl sites for hydroxylation is 1. The fraction of sp³-hybridized carbons (Fsp3) is 0.500. The Labute approximate surface area is 130 Å². The Bertz CT molecular complexity index is 722. The predicted octanol–water partition coefficient (Wildman–Crippen LogP) is 3.70. The Balaban J connectivity index is 2.37. The van der Waals surface area contributed by atoms with E-state index >= 15 is 0 Å². The third kappa shape index (κ3) is 2.19. The van der Waals surface area contributed by atoms with Crippen LogP contribution >= 0.6 is 27.7 Å². The van der Waals surface area contributed by atoms with Crippen LogP contribution in [0.1, 0.15) is 37.3 Å². The third-order valence-corrected chi connectivity index (χ3v) is 5.48. The zero-order valence-electron chi connectivity index (χ0n) is 11.5. The van der Waals surface area contributed by atoms with E-state index in [0.717, 1.165) is 29.4 Å². The molecule has 6 heteroatoms. The molecule has 3 rings (SSSR count). The van der Waals surface area contributed by atoms with Crippen LogP contribution in [0.5, 0.6) is 0 Å². The van der Waals surface area contributed by atoms with Gasteiger partial charge in [-0.3, -0.25) is 9.36 Å².